The zero-order valence-electron chi connectivity index (χ0n) is 10.3. The molecule has 1 N–H and O–H groups in total. The first kappa shape index (κ1) is 14.0. The summed E-state index contributed by atoms with van der Waals surface area (Å²) in [6, 6.07) is 5.52. The lowest BCUT2D eigenvalue weighted by Gasteiger charge is -2.06. The lowest BCUT2D eigenvalue weighted by atomic mass is 10.2. The molecule has 0 aliphatic rings. The maximum atomic E-state index is 11.9. The molecule has 0 unspecified atom stereocenters. The van der Waals surface area contributed by atoms with Crippen LogP contribution in [0.25, 0.3) is 0 Å². The number of nitro benzene ring substituents is 1. The van der Waals surface area contributed by atoms with Gasteiger partial charge in [0.15, 0.2) is 0 Å². The Bertz CT molecular complexity index is 628. The molecule has 0 bridgehead atoms. The Labute approximate surface area is 119 Å². The molecule has 0 saturated heterocycles. The number of hydrogen-bond donors (Lipinski definition) is 1. The Morgan fingerprint density at radius 1 is 1.50 bits per heavy atom. The van der Waals surface area contributed by atoms with Gasteiger partial charge in [0.2, 0.25) is 0 Å². The van der Waals surface area contributed by atoms with Crippen LogP contribution in [0.3, 0.4) is 0 Å². The summed E-state index contributed by atoms with van der Waals surface area (Å²) in [6.45, 7) is 0.914. The fraction of sp³-hybridized carbons (Fsp3) is 0.167. The summed E-state index contributed by atoms with van der Waals surface area (Å²) in [5, 5.41) is 17.3. The van der Waals surface area contributed by atoms with Crippen molar-refractivity contribution in [1.29, 1.82) is 0 Å². The molecule has 8 heteroatoms. The predicted molar refractivity (Wildman–Crippen MR) is 72.7 cm³/mol. The zero-order chi connectivity index (χ0) is 14.5. The highest BCUT2D eigenvalue weighted by molar-refractivity contribution is 6.34. The van der Waals surface area contributed by atoms with Gasteiger partial charge in [0.05, 0.1) is 22.1 Å². The molecule has 0 spiro atoms. The molecule has 0 atom stereocenters. The Balaban J connectivity index is 1.97. The fourth-order valence-corrected chi connectivity index (χ4v) is 1.87. The minimum absolute atomic E-state index is 0.0517. The third-order valence-electron chi connectivity index (χ3n) is 2.59. The second kappa shape index (κ2) is 6.16. The van der Waals surface area contributed by atoms with Gasteiger partial charge in [-0.1, -0.05) is 11.6 Å². The number of nitro groups is 1. The molecule has 1 aromatic heterocycles. The topological polar surface area (TPSA) is 90.1 Å². The number of hydrogen-bond acceptors (Lipinski definition) is 4. The molecule has 2 aromatic rings. The molecule has 0 radical (unpaired) electrons. The van der Waals surface area contributed by atoms with Crippen LogP contribution in [0.1, 0.15) is 10.4 Å². The SMILES string of the molecule is O=C(NCCn1cccn1)c1ccc([N+](=O)[O-])cc1Cl. The number of carbonyl (C=O) groups is 1. The first-order chi connectivity index (χ1) is 9.58. The Kier molecular flexibility index (Phi) is 4.31. The van der Waals surface area contributed by atoms with Crippen LogP contribution >= 0.6 is 11.6 Å². The van der Waals surface area contributed by atoms with E-state index < -0.39 is 4.92 Å². The second-order valence-corrected chi connectivity index (χ2v) is 4.35. The number of halogens is 1. The van der Waals surface area contributed by atoms with Crippen molar-refractivity contribution < 1.29 is 9.72 Å². The summed E-state index contributed by atoms with van der Waals surface area (Å²) in [7, 11) is 0. The Hall–Kier alpha value is -2.41. The molecule has 1 aromatic carbocycles. The monoisotopic (exact) mass is 294 g/mol. The number of amides is 1. The van der Waals surface area contributed by atoms with Crippen LogP contribution in [-0.2, 0) is 6.54 Å². The molecule has 104 valence electrons. The van der Waals surface area contributed by atoms with Crippen LogP contribution in [0.4, 0.5) is 5.69 Å². The van der Waals surface area contributed by atoms with E-state index in [1.165, 1.54) is 12.1 Å². The summed E-state index contributed by atoms with van der Waals surface area (Å²) < 4.78 is 1.68. The van der Waals surface area contributed by atoms with E-state index in [1.54, 1.807) is 23.1 Å². The van der Waals surface area contributed by atoms with Crippen molar-refractivity contribution in [2.24, 2.45) is 0 Å². The largest absolute Gasteiger partial charge is 0.350 e. The van der Waals surface area contributed by atoms with Crippen molar-refractivity contribution in [1.82, 2.24) is 15.1 Å². The van der Waals surface area contributed by atoms with Gasteiger partial charge >= 0.3 is 0 Å². The van der Waals surface area contributed by atoms with Crippen LogP contribution < -0.4 is 5.32 Å². The number of benzene rings is 1. The van der Waals surface area contributed by atoms with E-state index in [0.29, 0.717) is 13.1 Å². The normalized spacial score (nSPS) is 10.2. The van der Waals surface area contributed by atoms with E-state index in [0.717, 1.165) is 6.07 Å². The minimum atomic E-state index is -0.564. The lowest BCUT2D eigenvalue weighted by molar-refractivity contribution is -0.384. The average molecular weight is 295 g/mol. The van der Waals surface area contributed by atoms with Gasteiger partial charge in [-0.3, -0.25) is 19.6 Å². The molecule has 2 rings (SSSR count). The molecule has 0 aliphatic heterocycles. The van der Waals surface area contributed by atoms with E-state index in [4.69, 9.17) is 11.6 Å². The smallest absolute Gasteiger partial charge is 0.270 e. The van der Waals surface area contributed by atoms with Crippen LogP contribution in [-0.4, -0.2) is 27.2 Å². The number of nitrogens with zero attached hydrogens (tertiary/aromatic N) is 3. The molecule has 20 heavy (non-hydrogen) atoms. The highest BCUT2D eigenvalue weighted by Crippen LogP contribution is 2.22. The minimum Gasteiger partial charge on any atom is -0.350 e. The van der Waals surface area contributed by atoms with Gasteiger partial charge in [0.25, 0.3) is 11.6 Å². The van der Waals surface area contributed by atoms with Crippen LogP contribution in [0.15, 0.2) is 36.7 Å². The zero-order valence-corrected chi connectivity index (χ0v) is 11.1. The highest BCUT2D eigenvalue weighted by Gasteiger charge is 2.14. The van der Waals surface area contributed by atoms with Gasteiger partial charge in [-0.05, 0) is 12.1 Å². The third kappa shape index (κ3) is 3.33. The second-order valence-electron chi connectivity index (χ2n) is 3.95. The first-order valence-corrected chi connectivity index (χ1v) is 6.15. The van der Waals surface area contributed by atoms with Crippen LogP contribution in [0, 0.1) is 10.1 Å². The van der Waals surface area contributed by atoms with Crippen molar-refractivity contribution >= 4 is 23.2 Å². The summed E-state index contributed by atoms with van der Waals surface area (Å²) in [5.74, 6) is -0.378. The van der Waals surface area contributed by atoms with Crippen molar-refractivity contribution in [2.75, 3.05) is 6.54 Å². The summed E-state index contributed by atoms with van der Waals surface area (Å²) in [4.78, 5) is 21.9. The molecule has 0 aliphatic carbocycles. The number of aromatic nitrogens is 2. The lowest BCUT2D eigenvalue weighted by Crippen LogP contribution is -2.27. The van der Waals surface area contributed by atoms with Gasteiger partial charge in [-0.25, -0.2) is 0 Å². The van der Waals surface area contributed by atoms with Gasteiger partial charge in [-0.15, -0.1) is 0 Å². The standard InChI is InChI=1S/C12H11ClN4O3/c13-11-8-9(17(19)20)2-3-10(11)12(18)14-5-7-16-6-1-4-15-16/h1-4,6,8H,5,7H2,(H,14,18). The van der Waals surface area contributed by atoms with E-state index in [1.807, 2.05) is 0 Å². The van der Waals surface area contributed by atoms with Gasteiger partial charge in [0, 0.05) is 31.1 Å². The Morgan fingerprint density at radius 2 is 2.30 bits per heavy atom. The molecular formula is C12H11ClN4O3. The van der Waals surface area contributed by atoms with Crippen molar-refractivity contribution in [3.05, 3.63) is 57.4 Å². The molecule has 7 nitrogen and oxygen atoms in total. The summed E-state index contributed by atoms with van der Waals surface area (Å²) in [5.41, 5.74) is 0.0563. The molecule has 1 heterocycles. The predicted octanol–water partition coefficient (Wildman–Crippen LogP) is 1.87. The van der Waals surface area contributed by atoms with Crippen LogP contribution in [0.2, 0.25) is 5.02 Å². The molecule has 1 amide bonds. The van der Waals surface area contributed by atoms with E-state index in [2.05, 4.69) is 10.4 Å². The number of rotatable bonds is 5. The fourth-order valence-electron chi connectivity index (χ4n) is 1.61. The van der Waals surface area contributed by atoms with Crippen molar-refractivity contribution in [2.45, 2.75) is 6.54 Å². The maximum Gasteiger partial charge on any atom is 0.270 e. The van der Waals surface area contributed by atoms with Gasteiger partial charge in [0.1, 0.15) is 0 Å². The van der Waals surface area contributed by atoms with E-state index in [-0.39, 0.29) is 22.2 Å². The van der Waals surface area contributed by atoms with E-state index in [9.17, 15) is 14.9 Å². The maximum absolute atomic E-state index is 11.9. The first-order valence-electron chi connectivity index (χ1n) is 5.77. The van der Waals surface area contributed by atoms with Crippen molar-refractivity contribution in [3.8, 4) is 0 Å². The molecular weight excluding hydrogens is 284 g/mol. The molecule has 0 fully saturated rings. The Morgan fingerprint density at radius 3 is 2.90 bits per heavy atom. The quantitative estimate of drug-likeness (QED) is 0.673. The summed E-state index contributed by atoms with van der Waals surface area (Å²) in [6.07, 6.45) is 3.43. The van der Waals surface area contributed by atoms with Gasteiger partial charge in [-0.2, -0.15) is 5.10 Å². The number of non-ortho nitro benzene ring substituents is 1. The number of nitrogens with one attached hydrogen (secondary N) is 1. The van der Waals surface area contributed by atoms with Gasteiger partial charge < -0.3 is 5.32 Å². The van der Waals surface area contributed by atoms with E-state index >= 15 is 0 Å². The third-order valence-corrected chi connectivity index (χ3v) is 2.91. The van der Waals surface area contributed by atoms with Crippen molar-refractivity contribution in [3.63, 3.8) is 0 Å². The average Bonchev–Trinajstić information content (AvgIpc) is 2.91. The summed E-state index contributed by atoms with van der Waals surface area (Å²) >= 11 is 5.86. The van der Waals surface area contributed by atoms with Crippen LogP contribution in [0.5, 0.6) is 0 Å². The number of carbonyl (C=O) groups excluding carboxylic acids is 1. The highest BCUT2D eigenvalue weighted by atomic mass is 35.5. The molecule has 0 saturated carbocycles.